The molecular formula is C18H17Cl2N3O4. The number of carbonyl (C=O) groups excluding carboxylic acids is 2. The Bertz CT molecular complexity index is 964. The number of benzene rings is 1. The van der Waals surface area contributed by atoms with Crippen molar-refractivity contribution >= 4 is 35.0 Å². The summed E-state index contributed by atoms with van der Waals surface area (Å²) in [6, 6.07) is 4.00. The number of hydrogen-bond donors (Lipinski definition) is 3. The Balaban J connectivity index is 1.92. The number of ether oxygens (including phenoxy) is 1. The number of fused-ring (bicyclic) bond motifs is 1. The molecule has 1 atom stereocenters. The highest BCUT2D eigenvalue weighted by molar-refractivity contribution is 6.37. The minimum absolute atomic E-state index is 0.134. The first-order valence-corrected chi connectivity index (χ1v) is 8.97. The van der Waals surface area contributed by atoms with Gasteiger partial charge in [-0.25, -0.2) is 0 Å². The van der Waals surface area contributed by atoms with Crippen LogP contribution in [0, 0.1) is 0 Å². The third kappa shape index (κ3) is 3.79. The molecule has 1 heterocycles. The average Bonchev–Trinajstić information content (AvgIpc) is 2.60. The standard InChI is InChI=1S/C18H17Cl2N3O4/c1-27-15-11(19)5-8(6-12(15)20)17(25)22-13-3-2-4-14-9(13)7-10(16(21)24)18(26)23-14/h5-7,13H,2-4H2,1H3,(H2,21,24)(H,22,25)(H,23,26). The van der Waals surface area contributed by atoms with Gasteiger partial charge in [-0.05, 0) is 43.0 Å². The molecule has 27 heavy (non-hydrogen) atoms. The zero-order chi connectivity index (χ0) is 19.7. The van der Waals surface area contributed by atoms with E-state index in [1.54, 1.807) is 0 Å². The monoisotopic (exact) mass is 409 g/mol. The summed E-state index contributed by atoms with van der Waals surface area (Å²) in [6.07, 6.45) is 2.07. The van der Waals surface area contributed by atoms with Crippen LogP contribution in [0.15, 0.2) is 23.0 Å². The molecule has 2 amide bonds. The number of nitrogens with one attached hydrogen (secondary N) is 2. The smallest absolute Gasteiger partial charge is 0.261 e. The minimum Gasteiger partial charge on any atom is -0.494 e. The van der Waals surface area contributed by atoms with E-state index in [0.717, 1.165) is 6.42 Å². The summed E-state index contributed by atoms with van der Waals surface area (Å²) < 4.78 is 5.08. The molecule has 0 spiro atoms. The lowest BCUT2D eigenvalue weighted by Gasteiger charge is -2.26. The number of rotatable bonds is 4. The summed E-state index contributed by atoms with van der Waals surface area (Å²) in [5, 5.41) is 3.34. The maximum absolute atomic E-state index is 12.7. The summed E-state index contributed by atoms with van der Waals surface area (Å²) >= 11 is 12.2. The molecule has 3 rings (SSSR count). The molecule has 4 N–H and O–H groups in total. The van der Waals surface area contributed by atoms with Crippen LogP contribution in [-0.2, 0) is 6.42 Å². The van der Waals surface area contributed by atoms with Crippen molar-refractivity contribution < 1.29 is 14.3 Å². The third-order valence-corrected chi connectivity index (χ3v) is 5.05. The second-order valence-corrected chi connectivity index (χ2v) is 7.02. The summed E-state index contributed by atoms with van der Waals surface area (Å²) in [5.41, 5.74) is 6.24. The molecule has 0 bridgehead atoms. The van der Waals surface area contributed by atoms with Gasteiger partial charge in [0.25, 0.3) is 17.4 Å². The number of nitrogens with two attached hydrogens (primary N) is 1. The number of halogens is 2. The van der Waals surface area contributed by atoms with E-state index in [4.69, 9.17) is 33.7 Å². The Morgan fingerprint density at radius 3 is 2.52 bits per heavy atom. The van der Waals surface area contributed by atoms with Gasteiger partial charge in [-0.15, -0.1) is 0 Å². The summed E-state index contributed by atoms with van der Waals surface area (Å²) in [4.78, 5) is 38.8. The number of hydrogen-bond acceptors (Lipinski definition) is 4. The number of methoxy groups -OCH3 is 1. The third-order valence-electron chi connectivity index (χ3n) is 4.49. The van der Waals surface area contributed by atoms with E-state index < -0.39 is 11.5 Å². The van der Waals surface area contributed by atoms with Crippen LogP contribution in [0.2, 0.25) is 10.0 Å². The van der Waals surface area contributed by atoms with Gasteiger partial charge in [-0.1, -0.05) is 23.2 Å². The zero-order valence-electron chi connectivity index (χ0n) is 14.4. The first-order chi connectivity index (χ1) is 12.8. The Hall–Kier alpha value is -2.51. The van der Waals surface area contributed by atoms with Gasteiger partial charge in [0.1, 0.15) is 5.56 Å². The van der Waals surface area contributed by atoms with Crippen LogP contribution >= 0.6 is 23.2 Å². The lowest BCUT2D eigenvalue weighted by molar-refractivity contribution is 0.0932. The van der Waals surface area contributed by atoms with Crippen molar-refractivity contribution in [3.05, 3.63) is 61.0 Å². The van der Waals surface area contributed by atoms with Gasteiger partial charge in [0.2, 0.25) is 0 Å². The molecule has 2 aromatic rings. The number of aromatic amines is 1. The average molecular weight is 410 g/mol. The number of aryl methyl sites for hydroxylation is 1. The van der Waals surface area contributed by atoms with E-state index in [-0.39, 0.29) is 33.1 Å². The van der Waals surface area contributed by atoms with Gasteiger partial charge < -0.3 is 20.8 Å². The second-order valence-electron chi connectivity index (χ2n) is 6.20. The molecule has 0 fully saturated rings. The molecule has 0 radical (unpaired) electrons. The molecule has 1 aliphatic rings. The van der Waals surface area contributed by atoms with E-state index in [2.05, 4.69) is 10.3 Å². The zero-order valence-corrected chi connectivity index (χ0v) is 15.9. The Morgan fingerprint density at radius 2 is 1.93 bits per heavy atom. The molecule has 0 saturated heterocycles. The molecule has 1 unspecified atom stereocenters. The fourth-order valence-electron chi connectivity index (χ4n) is 3.20. The van der Waals surface area contributed by atoms with Crippen LogP contribution in [0.5, 0.6) is 5.75 Å². The van der Waals surface area contributed by atoms with Gasteiger partial charge in [0, 0.05) is 11.3 Å². The SMILES string of the molecule is COc1c(Cl)cc(C(=O)NC2CCCc3[nH]c(=O)c(C(N)=O)cc32)cc1Cl. The van der Waals surface area contributed by atoms with Crippen molar-refractivity contribution in [2.45, 2.75) is 25.3 Å². The predicted molar refractivity (Wildman–Crippen MR) is 102 cm³/mol. The van der Waals surface area contributed by atoms with Crippen LogP contribution in [0.4, 0.5) is 0 Å². The highest BCUT2D eigenvalue weighted by atomic mass is 35.5. The van der Waals surface area contributed by atoms with Gasteiger partial charge in [0.15, 0.2) is 5.75 Å². The van der Waals surface area contributed by atoms with Crippen LogP contribution in [0.3, 0.4) is 0 Å². The molecule has 1 aromatic carbocycles. The normalized spacial score (nSPS) is 15.7. The molecule has 142 valence electrons. The number of aromatic nitrogens is 1. The van der Waals surface area contributed by atoms with E-state index >= 15 is 0 Å². The lowest BCUT2D eigenvalue weighted by atomic mass is 9.90. The van der Waals surface area contributed by atoms with Crippen LogP contribution in [-0.4, -0.2) is 23.9 Å². The number of carbonyl (C=O) groups is 2. The Kier molecular flexibility index (Phi) is 5.43. The van der Waals surface area contributed by atoms with Crippen molar-refractivity contribution in [2.75, 3.05) is 7.11 Å². The quantitative estimate of drug-likeness (QED) is 0.719. The highest BCUT2D eigenvalue weighted by Crippen LogP contribution is 2.34. The molecule has 9 heteroatoms. The fraction of sp³-hybridized carbons (Fsp3) is 0.278. The molecule has 1 aromatic heterocycles. The molecule has 0 aliphatic heterocycles. The molecule has 0 saturated carbocycles. The predicted octanol–water partition coefficient (Wildman–Crippen LogP) is 2.60. The summed E-state index contributed by atoms with van der Waals surface area (Å²) in [6.45, 7) is 0. The first-order valence-electron chi connectivity index (χ1n) is 8.21. The van der Waals surface area contributed by atoms with Crippen LogP contribution in [0.1, 0.15) is 50.9 Å². The summed E-state index contributed by atoms with van der Waals surface area (Å²) in [5.74, 6) is -0.906. The Morgan fingerprint density at radius 1 is 1.26 bits per heavy atom. The topological polar surface area (TPSA) is 114 Å². The van der Waals surface area contributed by atoms with Crippen molar-refractivity contribution in [1.82, 2.24) is 10.3 Å². The molecular weight excluding hydrogens is 393 g/mol. The number of pyridine rings is 1. The van der Waals surface area contributed by atoms with E-state index in [1.165, 1.54) is 25.3 Å². The first kappa shape index (κ1) is 19.3. The van der Waals surface area contributed by atoms with Crippen molar-refractivity contribution in [1.29, 1.82) is 0 Å². The van der Waals surface area contributed by atoms with Crippen molar-refractivity contribution in [3.8, 4) is 5.75 Å². The largest absolute Gasteiger partial charge is 0.494 e. The number of H-pyrrole nitrogens is 1. The maximum atomic E-state index is 12.7. The van der Waals surface area contributed by atoms with Gasteiger partial charge in [0.05, 0.1) is 23.2 Å². The number of amides is 2. The fourth-order valence-corrected chi connectivity index (χ4v) is 3.84. The van der Waals surface area contributed by atoms with Crippen molar-refractivity contribution in [2.24, 2.45) is 5.73 Å². The van der Waals surface area contributed by atoms with Crippen LogP contribution < -0.4 is 21.3 Å². The number of primary amides is 1. The highest BCUT2D eigenvalue weighted by Gasteiger charge is 2.25. The van der Waals surface area contributed by atoms with E-state index in [0.29, 0.717) is 29.8 Å². The van der Waals surface area contributed by atoms with Gasteiger partial charge in [-0.3, -0.25) is 14.4 Å². The van der Waals surface area contributed by atoms with Gasteiger partial charge in [-0.2, -0.15) is 0 Å². The summed E-state index contributed by atoms with van der Waals surface area (Å²) in [7, 11) is 1.43. The van der Waals surface area contributed by atoms with Crippen molar-refractivity contribution in [3.63, 3.8) is 0 Å². The minimum atomic E-state index is -0.816. The maximum Gasteiger partial charge on any atom is 0.261 e. The lowest BCUT2D eigenvalue weighted by Crippen LogP contribution is -2.34. The van der Waals surface area contributed by atoms with Crippen LogP contribution in [0.25, 0.3) is 0 Å². The molecule has 7 nitrogen and oxygen atoms in total. The molecule has 1 aliphatic carbocycles. The second kappa shape index (κ2) is 7.62. The van der Waals surface area contributed by atoms with Gasteiger partial charge >= 0.3 is 0 Å². The Labute approximate surface area is 164 Å². The van der Waals surface area contributed by atoms with E-state index in [1.807, 2.05) is 0 Å². The van der Waals surface area contributed by atoms with E-state index in [9.17, 15) is 14.4 Å².